The van der Waals surface area contributed by atoms with Gasteiger partial charge in [-0.3, -0.25) is 14.5 Å². The second kappa shape index (κ2) is 9.06. The number of halogens is 1. The summed E-state index contributed by atoms with van der Waals surface area (Å²) in [6.07, 6.45) is 0.425. The molecule has 0 saturated heterocycles. The molecule has 6 heteroatoms. The number of carbonyl (C=O) groups is 2. The number of nitrogens with one attached hydrogen (secondary N) is 1. The van der Waals surface area contributed by atoms with Crippen molar-refractivity contribution in [2.24, 2.45) is 0 Å². The van der Waals surface area contributed by atoms with Crippen LogP contribution in [-0.4, -0.2) is 30.4 Å². The summed E-state index contributed by atoms with van der Waals surface area (Å²) < 4.78 is 18.7. The van der Waals surface area contributed by atoms with Gasteiger partial charge in [-0.1, -0.05) is 48.5 Å². The molecular formula is C26H23FN2O3. The number of hydrogen-bond acceptors (Lipinski definition) is 4. The average Bonchev–Trinajstić information content (AvgIpc) is 3.03. The predicted octanol–water partition coefficient (Wildman–Crippen LogP) is 4.58. The molecule has 1 aliphatic heterocycles. The zero-order valence-corrected chi connectivity index (χ0v) is 17.9. The van der Waals surface area contributed by atoms with Crippen molar-refractivity contribution in [1.29, 1.82) is 0 Å². The molecule has 162 valence electrons. The van der Waals surface area contributed by atoms with Gasteiger partial charge in [0.15, 0.2) is 0 Å². The zero-order chi connectivity index (χ0) is 22.7. The molecule has 0 aromatic heterocycles. The maximum atomic E-state index is 13.4. The van der Waals surface area contributed by atoms with E-state index in [1.54, 1.807) is 30.3 Å². The fourth-order valence-electron chi connectivity index (χ4n) is 3.74. The standard InChI is InChI=1S/C26H23FN2O3/c1-17-7-3-5-9-21(17)28-24-23(20-8-4-6-10-22(20)32-2)25(30)29(26(24)31)16-15-18-11-13-19(27)14-12-18/h3-14,28H,15-16H2,1-2H3. The molecule has 0 saturated carbocycles. The molecule has 0 atom stereocenters. The quantitative estimate of drug-likeness (QED) is 0.558. The first-order chi connectivity index (χ1) is 15.5. The van der Waals surface area contributed by atoms with Crippen molar-refractivity contribution >= 4 is 23.1 Å². The SMILES string of the molecule is COc1ccccc1C1=C(Nc2ccccc2C)C(=O)N(CCc2ccc(F)cc2)C1=O. The van der Waals surface area contributed by atoms with E-state index in [0.717, 1.165) is 16.8 Å². The summed E-state index contributed by atoms with van der Waals surface area (Å²) in [7, 11) is 1.53. The van der Waals surface area contributed by atoms with Gasteiger partial charge < -0.3 is 10.1 Å². The summed E-state index contributed by atoms with van der Waals surface area (Å²) in [5.41, 5.74) is 3.57. The van der Waals surface area contributed by atoms with Crippen LogP contribution < -0.4 is 10.1 Å². The van der Waals surface area contributed by atoms with Crippen LogP contribution in [-0.2, 0) is 16.0 Å². The van der Waals surface area contributed by atoms with Crippen molar-refractivity contribution in [3.8, 4) is 5.75 Å². The van der Waals surface area contributed by atoms with Gasteiger partial charge in [0.2, 0.25) is 0 Å². The Kier molecular flexibility index (Phi) is 6.03. The minimum absolute atomic E-state index is 0.181. The van der Waals surface area contributed by atoms with E-state index < -0.39 is 11.8 Å². The Morgan fingerprint density at radius 2 is 1.59 bits per heavy atom. The van der Waals surface area contributed by atoms with Crippen LogP contribution in [0.15, 0.2) is 78.5 Å². The van der Waals surface area contributed by atoms with Crippen LogP contribution in [0.4, 0.5) is 10.1 Å². The lowest BCUT2D eigenvalue weighted by molar-refractivity contribution is -0.136. The fraction of sp³-hybridized carbons (Fsp3) is 0.154. The largest absolute Gasteiger partial charge is 0.496 e. The van der Waals surface area contributed by atoms with Gasteiger partial charge in [0.05, 0.1) is 12.7 Å². The van der Waals surface area contributed by atoms with Crippen molar-refractivity contribution in [3.63, 3.8) is 0 Å². The monoisotopic (exact) mass is 430 g/mol. The van der Waals surface area contributed by atoms with E-state index in [1.807, 2.05) is 37.3 Å². The van der Waals surface area contributed by atoms with Crippen molar-refractivity contribution in [2.45, 2.75) is 13.3 Å². The van der Waals surface area contributed by atoms with Gasteiger partial charge in [0.25, 0.3) is 11.8 Å². The lowest BCUT2D eigenvalue weighted by Crippen LogP contribution is -2.34. The number of para-hydroxylation sites is 2. The first-order valence-electron chi connectivity index (χ1n) is 10.3. The van der Waals surface area contributed by atoms with E-state index in [9.17, 15) is 14.0 Å². The molecule has 1 heterocycles. The van der Waals surface area contributed by atoms with Crippen LogP contribution in [0.1, 0.15) is 16.7 Å². The molecule has 32 heavy (non-hydrogen) atoms. The molecule has 2 amide bonds. The Morgan fingerprint density at radius 3 is 2.31 bits per heavy atom. The van der Waals surface area contributed by atoms with Crippen molar-refractivity contribution in [3.05, 3.63) is 101 Å². The van der Waals surface area contributed by atoms with Gasteiger partial charge in [0.1, 0.15) is 17.3 Å². The van der Waals surface area contributed by atoms with Crippen LogP contribution in [0.3, 0.4) is 0 Å². The van der Waals surface area contributed by atoms with Gasteiger partial charge >= 0.3 is 0 Å². The number of benzene rings is 3. The first kappa shape index (κ1) is 21.3. The Hall–Kier alpha value is -3.93. The van der Waals surface area contributed by atoms with Crippen molar-refractivity contribution < 1.29 is 18.7 Å². The number of nitrogens with zero attached hydrogens (tertiary/aromatic N) is 1. The summed E-state index contributed by atoms with van der Waals surface area (Å²) in [5.74, 6) is -0.612. The van der Waals surface area contributed by atoms with Crippen LogP contribution in [0, 0.1) is 12.7 Å². The maximum absolute atomic E-state index is 13.4. The molecule has 5 nitrogen and oxygen atoms in total. The number of anilines is 1. The highest BCUT2D eigenvalue weighted by Gasteiger charge is 2.40. The maximum Gasteiger partial charge on any atom is 0.278 e. The van der Waals surface area contributed by atoms with Gasteiger partial charge in [-0.15, -0.1) is 0 Å². The Labute approximate surface area is 186 Å². The molecule has 0 spiro atoms. The van der Waals surface area contributed by atoms with E-state index in [2.05, 4.69) is 5.32 Å². The van der Waals surface area contributed by atoms with Gasteiger partial charge in [-0.2, -0.15) is 0 Å². The Bertz CT molecular complexity index is 1200. The number of imide groups is 1. The summed E-state index contributed by atoms with van der Waals surface area (Å²) in [6, 6.07) is 20.7. The van der Waals surface area contributed by atoms with E-state index in [0.29, 0.717) is 17.7 Å². The summed E-state index contributed by atoms with van der Waals surface area (Å²) >= 11 is 0. The smallest absolute Gasteiger partial charge is 0.278 e. The number of rotatable bonds is 7. The molecule has 3 aromatic rings. The van der Waals surface area contributed by atoms with E-state index in [1.165, 1.54) is 24.1 Å². The molecule has 0 bridgehead atoms. The number of hydrogen-bond donors (Lipinski definition) is 1. The molecule has 0 aliphatic carbocycles. The lowest BCUT2D eigenvalue weighted by atomic mass is 10.0. The minimum Gasteiger partial charge on any atom is -0.496 e. The van der Waals surface area contributed by atoms with E-state index in [4.69, 9.17) is 4.74 Å². The Balaban J connectivity index is 1.71. The number of methoxy groups -OCH3 is 1. The van der Waals surface area contributed by atoms with E-state index >= 15 is 0 Å². The van der Waals surface area contributed by atoms with Gasteiger partial charge in [0, 0.05) is 17.8 Å². The third kappa shape index (κ3) is 4.12. The number of aryl methyl sites for hydroxylation is 1. The van der Waals surface area contributed by atoms with Crippen LogP contribution in [0.2, 0.25) is 0 Å². The second-order valence-electron chi connectivity index (χ2n) is 7.53. The van der Waals surface area contributed by atoms with Crippen LogP contribution >= 0.6 is 0 Å². The molecule has 1 N–H and O–H groups in total. The zero-order valence-electron chi connectivity index (χ0n) is 17.9. The van der Waals surface area contributed by atoms with Gasteiger partial charge in [-0.25, -0.2) is 4.39 Å². The number of amides is 2. The highest BCUT2D eigenvalue weighted by Crippen LogP contribution is 2.35. The molecule has 4 rings (SSSR count). The highest BCUT2D eigenvalue weighted by molar-refractivity contribution is 6.37. The summed E-state index contributed by atoms with van der Waals surface area (Å²) in [5, 5.41) is 3.19. The third-order valence-electron chi connectivity index (χ3n) is 5.49. The first-order valence-corrected chi connectivity index (χ1v) is 10.3. The van der Waals surface area contributed by atoms with E-state index in [-0.39, 0.29) is 23.6 Å². The summed E-state index contributed by atoms with van der Waals surface area (Å²) in [6.45, 7) is 2.11. The third-order valence-corrected chi connectivity index (χ3v) is 5.49. The molecule has 1 aliphatic rings. The normalized spacial score (nSPS) is 13.7. The fourth-order valence-corrected chi connectivity index (χ4v) is 3.74. The summed E-state index contributed by atoms with van der Waals surface area (Å²) in [4.78, 5) is 28.0. The molecule has 0 fully saturated rings. The van der Waals surface area contributed by atoms with Crippen LogP contribution in [0.25, 0.3) is 5.57 Å². The molecule has 0 unspecified atom stereocenters. The lowest BCUT2D eigenvalue weighted by Gasteiger charge is -2.16. The topological polar surface area (TPSA) is 58.6 Å². The number of carbonyl (C=O) groups excluding carboxylic acids is 2. The van der Waals surface area contributed by atoms with Crippen molar-refractivity contribution in [2.75, 3.05) is 19.0 Å². The minimum atomic E-state index is -0.402. The second-order valence-corrected chi connectivity index (χ2v) is 7.53. The predicted molar refractivity (Wildman–Crippen MR) is 122 cm³/mol. The molecular weight excluding hydrogens is 407 g/mol. The van der Waals surface area contributed by atoms with Gasteiger partial charge in [-0.05, 0) is 48.7 Å². The average molecular weight is 430 g/mol. The van der Waals surface area contributed by atoms with Crippen LogP contribution in [0.5, 0.6) is 5.75 Å². The Morgan fingerprint density at radius 1 is 0.906 bits per heavy atom. The van der Waals surface area contributed by atoms with Crippen molar-refractivity contribution in [1.82, 2.24) is 4.90 Å². The number of ether oxygens (including phenoxy) is 1. The highest BCUT2D eigenvalue weighted by atomic mass is 19.1. The molecule has 0 radical (unpaired) electrons. The molecule has 3 aromatic carbocycles.